The maximum atomic E-state index is 7.20. The van der Waals surface area contributed by atoms with Crippen LogP contribution in [0.2, 0.25) is 10.1 Å². The maximum absolute atomic E-state index is 7.20. The van der Waals surface area contributed by atoms with Gasteiger partial charge in [0.25, 0.3) is 16.6 Å². The first kappa shape index (κ1) is 33.9. The predicted octanol–water partition coefficient (Wildman–Crippen LogP) is 7.97. The first-order valence-electron chi connectivity index (χ1n) is 16.1. The van der Waals surface area contributed by atoms with Gasteiger partial charge in [0.1, 0.15) is 0 Å². The lowest BCUT2D eigenvalue weighted by molar-refractivity contribution is 0.261. The Morgan fingerprint density at radius 3 is 0.886 bits per heavy atom. The van der Waals surface area contributed by atoms with E-state index in [0.29, 0.717) is 13.2 Å². The van der Waals surface area contributed by atoms with Crippen molar-refractivity contribution in [2.45, 2.75) is 65.5 Å². The SMILES string of the molecule is C[C@H](/C=C/[C@@H](C)CO[Si](c1ccccc1)(c1ccccc1)C(C)(C)C)CO[Si](c1ccccc1)(c1ccccc1)C(C)(C)C. The maximum Gasteiger partial charge on any atom is 0.261 e. The summed E-state index contributed by atoms with van der Waals surface area (Å²) in [6.07, 6.45) is 4.66. The van der Waals surface area contributed by atoms with Crippen LogP contribution in [0.15, 0.2) is 133 Å². The van der Waals surface area contributed by atoms with Gasteiger partial charge >= 0.3 is 0 Å². The summed E-state index contributed by atoms with van der Waals surface area (Å²) < 4.78 is 14.4. The quantitative estimate of drug-likeness (QED) is 0.118. The second-order valence-electron chi connectivity index (χ2n) is 14.3. The van der Waals surface area contributed by atoms with Gasteiger partial charge in [-0.25, -0.2) is 0 Å². The van der Waals surface area contributed by atoms with E-state index in [9.17, 15) is 0 Å². The topological polar surface area (TPSA) is 18.5 Å². The highest BCUT2D eigenvalue weighted by Crippen LogP contribution is 2.38. The number of hydrogen-bond donors (Lipinski definition) is 0. The average molecular weight is 621 g/mol. The third-order valence-corrected chi connectivity index (χ3v) is 18.7. The third kappa shape index (κ3) is 7.26. The van der Waals surface area contributed by atoms with E-state index in [1.54, 1.807) is 0 Å². The highest BCUT2D eigenvalue weighted by Gasteiger charge is 2.51. The van der Waals surface area contributed by atoms with Crippen molar-refractivity contribution in [3.05, 3.63) is 133 Å². The van der Waals surface area contributed by atoms with Gasteiger partial charge in [0.05, 0.1) is 0 Å². The minimum Gasteiger partial charge on any atom is -0.407 e. The van der Waals surface area contributed by atoms with Gasteiger partial charge in [0.2, 0.25) is 0 Å². The molecular weight excluding hydrogens is 569 g/mol. The normalized spacial score (nSPS) is 14.5. The Hall–Kier alpha value is -3.03. The molecule has 0 saturated heterocycles. The molecule has 2 nitrogen and oxygen atoms in total. The molecule has 4 aromatic rings. The van der Waals surface area contributed by atoms with Crippen LogP contribution in [0.4, 0.5) is 0 Å². The zero-order valence-electron chi connectivity index (χ0n) is 28.1. The van der Waals surface area contributed by atoms with Crippen LogP contribution in [-0.2, 0) is 8.85 Å². The molecule has 0 amide bonds. The van der Waals surface area contributed by atoms with Crippen LogP contribution in [0.5, 0.6) is 0 Å². The van der Waals surface area contributed by atoms with Crippen LogP contribution in [0, 0.1) is 11.8 Å². The minimum absolute atomic E-state index is 0.0317. The van der Waals surface area contributed by atoms with Crippen molar-refractivity contribution in [3.63, 3.8) is 0 Å². The zero-order chi connectivity index (χ0) is 31.8. The van der Waals surface area contributed by atoms with Crippen LogP contribution in [0.3, 0.4) is 0 Å². The highest BCUT2D eigenvalue weighted by atomic mass is 28.4. The molecular formula is C40H52O2Si2. The first-order chi connectivity index (χ1) is 20.9. The summed E-state index contributed by atoms with van der Waals surface area (Å²) in [6.45, 7) is 19.9. The van der Waals surface area contributed by atoms with Crippen molar-refractivity contribution in [3.8, 4) is 0 Å². The molecule has 0 spiro atoms. The van der Waals surface area contributed by atoms with Crippen molar-refractivity contribution in [2.24, 2.45) is 11.8 Å². The van der Waals surface area contributed by atoms with E-state index in [1.165, 1.54) is 20.7 Å². The molecule has 44 heavy (non-hydrogen) atoms. The van der Waals surface area contributed by atoms with E-state index in [2.05, 4.69) is 189 Å². The second kappa shape index (κ2) is 14.4. The standard InChI is InChI=1S/C40H52O2Si2/c1-33(31-41-43(39(3,4)5,35-21-13-9-14-22-35)36-23-15-10-16-24-36)29-30-34(2)32-42-44(40(6,7)8,37-25-17-11-18-26-37)38-27-19-12-20-28-38/h9-30,33-34H,31-32H2,1-8H3/b30-29+/t33-,34-/m1/s1. The van der Waals surface area contributed by atoms with Gasteiger partial charge in [-0.1, -0.05) is 189 Å². The monoisotopic (exact) mass is 620 g/mol. The molecule has 0 heterocycles. The molecule has 4 rings (SSSR count). The van der Waals surface area contributed by atoms with Gasteiger partial charge in [0.15, 0.2) is 0 Å². The molecule has 0 N–H and O–H groups in total. The van der Waals surface area contributed by atoms with Crippen LogP contribution in [0.1, 0.15) is 55.4 Å². The fraction of sp³-hybridized carbons (Fsp3) is 0.350. The second-order valence-corrected chi connectivity index (χ2v) is 22.9. The summed E-state index contributed by atoms with van der Waals surface area (Å²) in [6, 6.07) is 43.6. The smallest absolute Gasteiger partial charge is 0.261 e. The van der Waals surface area contributed by atoms with Gasteiger partial charge in [-0.3, -0.25) is 0 Å². The number of benzene rings is 4. The average Bonchev–Trinajstić information content (AvgIpc) is 3.01. The molecule has 0 aliphatic heterocycles. The van der Waals surface area contributed by atoms with Gasteiger partial charge < -0.3 is 8.85 Å². The van der Waals surface area contributed by atoms with E-state index in [4.69, 9.17) is 8.85 Å². The highest BCUT2D eigenvalue weighted by molar-refractivity contribution is 7.00. The molecule has 0 aliphatic carbocycles. The Morgan fingerprint density at radius 1 is 0.455 bits per heavy atom. The van der Waals surface area contributed by atoms with Gasteiger partial charge in [0, 0.05) is 13.2 Å². The Bertz CT molecular complexity index is 1250. The van der Waals surface area contributed by atoms with Crippen molar-refractivity contribution in [1.29, 1.82) is 0 Å². The molecule has 0 radical (unpaired) electrons. The fourth-order valence-corrected chi connectivity index (χ4v) is 15.9. The van der Waals surface area contributed by atoms with E-state index in [-0.39, 0.29) is 21.9 Å². The molecule has 4 heteroatoms. The summed E-state index contributed by atoms with van der Waals surface area (Å²) in [5.41, 5.74) is 0. The van der Waals surface area contributed by atoms with E-state index in [0.717, 1.165) is 0 Å². The summed E-state index contributed by atoms with van der Waals surface area (Å²) >= 11 is 0. The third-order valence-electron chi connectivity index (χ3n) is 8.73. The number of rotatable bonds is 12. The number of hydrogen-bond acceptors (Lipinski definition) is 2. The van der Waals surface area contributed by atoms with Crippen molar-refractivity contribution < 1.29 is 8.85 Å². The minimum atomic E-state index is -2.56. The Kier molecular flexibility index (Phi) is 11.1. The van der Waals surface area contributed by atoms with E-state index in [1.807, 2.05) is 0 Å². The summed E-state index contributed by atoms with van der Waals surface area (Å²) in [7, 11) is -5.11. The molecule has 0 unspecified atom stereocenters. The Morgan fingerprint density at radius 2 is 0.682 bits per heavy atom. The Balaban J connectivity index is 1.54. The molecule has 232 valence electrons. The molecule has 2 atom stereocenters. The zero-order valence-corrected chi connectivity index (χ0v) is 30.1. The lowest BCUT2D eigenvalue weighted by Gasteiger charge is -2.43. The van der Waals surface area contributed by atoms with Gasteiger partial charge in [-0.05, 0) is 42.7 Å². The van der Waals surface area contributed by atoms with E-state index >= 15 is 0 Å². The largest absolute Gasteiger partial charge is 0.407 e. The van der Waals surface area contributed by atoms with E-state index < -0.39 is 16.6 Å². The van der Waals surface area contributed by atoms with Crippen LogP contribution >= 0.6 is 0 Å². The van der Waals surface area contributed by atoms with Crippen molar-refractivity contribution in [1.82, 2.24) is 0 Å². The molecule has 0 fully saturated rings. The molecule has 4 aromatic carbocycles. The van der Waals surface area contributed by atoms with Gasteiger partial charge in [-0.15, -0.1) is 0 Å². The molecule has 0 aromatic heterocycles. The summed E-state index contributed by atoms with van der Waals surface area (Å²) in [5.74, 6) is 0.541. The predicted molar refractivity (Wildman–Crippen MR) is 195 cm³/mol. The molecule has 0 bridgehead atoms. The molecule has 0 saturated carbocycles. The molecule has 0 aliphatic rings. The lowest BCUT2D eigenvalue weighted by atomic mass is 10.1. The Labute approximate surface area is 269 Å². The lowest BCUT2D eigenvalue weighted by Crippen LogP contribution is -2.66. The van der Waals surface area contributed by atoms with Crippen LogP contribution < -0.4 is 20.7 Å². The first-order valence-corrected chi connectivity index (χ1v) is 19.9. The van der Waals surface area contributed by atoms with Crippen molar-refractivity contribution >= 4 is 37.4 Å². The van der Waals surface area contributed by atoms with Crippen LogP contribution in [-0.4, -0.2) is 29.8 Å². The van der Waals surface area contributed by atoms with Crippen molar-refractivity contribution in [2.75, 3.05) is 13.2 Å². The summed E-state index contributed by atoms with van der Waals surface area (Å²) in [4.78, 5) is 0. The van der Waals surface area contributed by atoms with Crippen LogP contribution in [0.25, 0.3) is 0 Å². The van der Waals surface area contributed by atoms with Gasteiger partial charge in [-0.2, -0.15) is 0 Å². The fourth-order valence-electron chi connectivity index (χ4n) is 6.53. The summed E-state index contributed by atoms with van der Waals surface area (Å²) in [5, 5.41) is 5.22.